The van der Waals surface area contributed by atoms with E-state index < -0.39 is 23.0 Å². The van der Waals surface area contributed by atoms with Crippen molar-refractivity contribution in [3.8, 4) is 0 Å². The van der Waals surface area contributed by atoms with Crippen LogP contribution in [0.25, 0.3) is 0 Å². The van der Waals surface area contributed by atoms with Crippen LogP contribution in [0.4, 0.5) is 0 Å². The van der Waals surface area contributed by atoms with Crippen molar-refractivity contribution in [2.45, 2.75) is 91.0 Å². The van der Waals surface area contributed by atoms with Crippen molar-refractivity contribution in [3.63, 3.8) is 0 Å². The van der Waals surface area contributed by atoms with Crippen LogP contribution in [0, 0.1) is 16.7 Å². The lowest BCUT2D eigenvalue weighted by molar-refractivity contribution is -0.157. The third-order valence-corrected chi connectivity index (χ3v) is 6.14. The largest absolute Gasteiger partial charge is 0.396 e. The molecule has 22 heavy (non-hydrogen) atoms. The Hall–Kier alpha value is -0.160. The zero-order chi connectivity index (χ0) is 17.0. The lowest BCUT2D eigenvalue weighted by Crippen LogP contribution is -2.55. The predicted molar refractivity (Wildman–Crippen MR) is 88.5 cm³/mol. The van der Waals surface area contributed by atoms with Gasteiger partial charge in [-0.15, -0.1) is 0 Å². The number of aliphatic hydroxyl groups is 4. The van der Waals surface area contributed by atoms with E-state index in [1.54, 1.807) is 6.92 Å². The minimum atomic E-state index is -0.730. The van der Waals surface area contributed by atoms with Crippen LogP contribution in [0.15, 0.2) is 0 Å². The van der Waals surface area contributed by atoms with Crippen molar-refractivity contribution in [1.82, 2.24) is 0 Å². The molecule has 0 aromatic carbocycles. The van der Waals surface area contributed by atoms with Gasteiger partial charge in [-0.2, -0.15) is 0 Å². The van der Waals surface area contributed by atoms with Crippen molar-refractivity contribution in [2.75, 3.05) is 6.61 Å². The maximum Gasteiger partial charge on any atom is 0.0696 e. The molecule has 1 aliphatic rings. The molecule has 1 aliphatic carbocycles. The van der Waals surface area contributed by atoms with Gasteiger partial charge in [0.15, 0.2) is 0 Å². The number of hydrogen-bond donors (Lipinski definition) is 4. The number of hydrogen-bond acceptors (Lipinski definition) is 4. The van der Waals surface area contributed by atoms with E-state index in [0.29, 0.717) is 12.8 Å². The lowest BCUT2D eigenvalue weighted by Gasteiger charge is -2.51. The van der Waals surface area contributed by atoms with Gasteiger partial charge in [-0.05, 0) is 51.9 Å². The van der Waals surface area contributed by atoms with E-state index in [9.17, 15) is 20.4 Å². The molecule has 4 heteroatoms. The van der Waals surface area contributed by atoms with Gasteiger partial charge >= 0.3 is 0 Å². The highest BCUT2D eigenvalue weighted by Gasteiger charge is 2.51. The van der Waals surface area contributed by atoms with Crippen LogP contribution in [0.3, 0.4) is 0 Å². The van der Waals surface area contributed by atoms with Gasteiger partial charge in [-0.3, -0.25) is 0 Å². The van der Waals surface area contributed by atoms with Gasteiger partial charge in [-0.25, -0.2) is 0 Å². The second kappa shape index (κ2) is 8.09. The van der Waals surface area contributed by atoms with Crippen LogP contribution < -0.4 is 0 Å². The summed E-state index contributed by atoms with van der Waals surface area (Å²) in [4.78, 5) is 0. The Kier molecular flexibility index (Phi) is 7.31. The maximum absolute atomic E-state index is 11.1. The summed E-state index contributed by atoms with van der Waals surface area (Å²) < 4.78 is 0. The first-order chi connectivity index (χ1) is 10.2. The first-order valence-corrected chi connectivity index (χ1v) is 8.88. The molecule has 4 N–H and O–H groups in total. The molecule has 1 fully saturated rings. The van der Waals surface area contributed by atoms with E-state index in [4.69, 9.17) is 0 Å². The van der Waals surface area contributed by atoms with Gasteiger partial charge in [0.25, 0.3) is 0 Å². The maximum atomic E-state index is 11.1. The summed E-state index contributed by atoms with van der Waals surface area (Å²) in [5.74, 6) is 0.245. The quantitative estimate of drug-likeness (QED) is 0.554. The number of unbranched alkanes of at least 4 members (excludes halogenated alkanes) is 1. The van der Waals surface area contributed by atoms with Crippen LogP contribution in [-0.4, -0.2) is 45.3 Å². The van der Waals surface area contributed by atoms with Gasteiger partial charge in [0.2, 0.25) is 0 Å². The minimum Gasteiger partial charge on any atom is -0.396 e. The second-order valence-corrected chi connectivity index (χ2v) is 7.81. The fourth-order valence-corrected chi connectivity index (χ4v) is 4.16. The molecular formula is C18H36O4. The zero-order valence-electron chi connectivity index (χ0n) is 14.8. The van der Waals surface area contributed by atoms with E-state index in [1.165, 1.54) is 0 Å². The molecule has 0 amide bonds. The fraction of sp³-hybridized carbons (Fsp3) is 1.00. The smallest absolute Gasteiger partial charge is 0.0696 e. The van der Waals surface area contributed by atoms with Crippen LogP contribution in [-0.2, 0) is 0 Å². The molecule has 0 bridgehead atoms. The Labute approximate surface area is 135 Å². The topological polar surface area (TPSA) is 80.9 Å². The van der Waals surface area contributed by atoms with Gasteiger partial charge in [0.1, 0.15) is 0 Å². The summed E-state index contributed by atoms with van der Waals surface area (Å²) in [5.41, 5.74) is -1.15. The Morgan fingerprint density at radius 1 is 1.14 bits per heavy atom. The van der Waals surface area contributed by atoms with Crippen molar-refractivity contribution in [2.24, 2.45) is 16.7 Å². The second-order valence-electron chi connectivity index (χ2n) is 7.81. The van der Waals surface area contributed by atoms with Crippen LogP contribution in [0.1, 0.15) is 72.6 Å². The van der Waals surface area contributed by atoms with E-state index in [0.717, 1.165) is 32.1 Å². The molecule has 4 nitrogen and oxygen atoms in total. The molecule has 4 unspecified atom stereocenters. The Balaban J connectivity index is 2.94. The molecule has 132 valence electrons. The number of rotatable bonds is 8. The zero-order valence-corrected chi connectivity index (χ0v) is 14.8. The normalized spacial score (nSPS) is 33.0. The standard InChI is InChI=1S/C18H36O4/c1-5-6-9-17(4,12-19)16(22)18(14(3)21)10-7-15(8-11-18)13(2)20/h13-16,19-22H,5-12H2,1-4H3. The molecule has 0 aromatic heterocycles. The van der Waals surface area contributed by atoms with Crippen LogP contribution >= 0.6 is 0 Å². The van der Waals surface area contributed by atoms with E-state index in [1.807, 2.05) is 13.8 Å². The van der Waals surface area contributed by atoms with Crippen molar-refractivity contribution in [1.29, 1.82) is 0 Å². The highest BCUT2D eigenvalue weighted by atomic mass is 16.3. The van der Waals surface area contributed by atoms with Crippen molar-refractivity contribution >= 4 is 0 Å². The molecule has 0 spiro atoms. The van der Waals surface area contributed by atoms with Gasteiger partial charge in [0, 0.05) is 10.8 Å². The molecule has 0 radical (unpaired) electrons. The third kappa shape index (κ3) is 4.02. The minimum absolute atomic E-state index is 0.0670. The monoisotopic (exact) mass is 316 g/mol. The third-order valence-electron chi connectivity index (χ3n) is 6.14. The number of aliphatic hydroxyl groups excluding tert-OH is 4. The van der Waals surface area contributed by atoms with Gasteiger partial charge in [-0.1, -0.05) is 26.7 Å². The highest BCUT2D eigenvalue weighted by molar-refractivity contribution is 5.01. The van der Waals surface area contributed by atoms with Gasteiger partial charge < -0.3 is 20.4 Å². The summed E-state index contributed by atoms with van der Waals surface area (Å²) in [5, 5.41) is 41.1. The molecular weight excluding hydrogens is 280 g/mol. The molecule has 0 saturated heterocycles. The van der Waals surface area contributed by atoms with E-state index in [-0.39, 0.29) is 18.6 Å². The summed E-state index contributed by atoms with van der Waals surface area (Å²) in [6, 6.07) is 0. The van der Waals surface area contributed by atoms with Crippen LogP contribution in [0.5, 0.6) is 0 Å². The molecule has 0 aromatic rings. The average molecular weight is 316 g/mol. The van der Waals surface area contributed by atoms with E-state index in [2.05, 4.69) is 6.92 Å². The van der Waals surface area contributed by atoms with Crippen molar-refractivity contribution in [3.05, 3.63) is 0 Å². The Morgan fingerprint density at radius 2 is 1.68 bits per heavy atom. The summed E-state index contributed by atoms with van der Waals surface area (Å²) in [7, 11) is 0. The summed E-state index contributed by atoms with van der Waals surface area (Å²) >= 11 is 0. The van der Waals surface area contributed by atoms with E-state index >= 15 is 0 Å². The van der Waals surface area contributed by atoms with Crippen LogP contribution in [0.2, 0.25) is 0 Å². The average Bonchev–Trinajstić information content (AvgIpc) is 2.51. The summed E-state index contributed by atoms with van der Waals surface area (Å²) in [6.07, 6.45) is 4.07. The lowest BCUT2D eigenvalue weighted by atomic mass is 9.57. The Morgan fingerprint density at radius 3 is 2.05 bits per heavy atom. The highest BCUT2D eigenvalue weighted by Crippen LogP contribution is 2.50. The Bertz CT molecular complexity index is 321. The molecule has 1 saturated carbocycles. The molecule has 4 atom stereocenters. The predicted octanol–water partition coefficient (Wildman–Crippen LogP) is 2.47. The SMILES string of the molecule is CCCCC(C)(CO)C(O)C1(C(C)O)CCC(C(C)O)CC1. The fourth-order valence-electron chi connectivity index (χ4n) is 4.16. The first kappa shape index (κ1) is 19.9. The molecule has 0 aliphatic heterocycles. The first-order valence-electron chi connectivity index (χ1n) is 8.88. The molecule has 0 heterocycles. The molecule has 1 rings (SSSR count). The summed E-state index contributed by atoms with van der Waals surface area (Å²) in [6.45, 7) is 7.53. The van der Waals surface area contributed by atoms with Crippen molar-refractivity contribution < 1.29 is 20.4 Å². The van der Waals surface area contributed by atoms with Gasteiger partial charge in [0.05, 0.1) is 24.9 Å².